The van der Waals surface area contributed by atoms with Gasteiger partial charge in [-0.3, -0.25) is 0 Å². The van der Waals surface area contributed by atoms with Gasteiger partial charge in [0.05, 0.1) is 0 Å². The molecular weight excluding hydrogens is 250 g/mol. The quantitative estimate of drug-likeness (QED) is 0.286. The fourth-order valence-corrected chi connectivity index (χ4v) is 0. The topological polar surface area (TPSA) is 115 Å². The monoisotopic (exact) mass is 254 g/mol. The first-order valence-electron chi connectivity index (χ1n) is 1.17. The second kappa shape index (κ2) is 29.4. The van der Waals surface area contributed by atoms with Crippen LogP contribution in [0.3, 0.4) is 0 Å². The maximum atomic E-state index is 8.70. The van der Waals surface area contributed by atoms with Gasteiger partial charge in [0.25, 0.3) is 0 Å². The van der Waals surface area contributed by atoms with Crippen LogP contribution in [-0.4, -0.2) is 138 Å². The Kier molecular flexibility index (Phi) is 88.2. The van der Waals surface area contributed by atoms with E-state index in [0.29, 0.717) is 0 Å². The molecule has 0 aromatic rings. The molecule has 4 N–H and O–H groups in total. The molecule has 0 rings (SSSR count). The van der Waals surface area contributed by atoms with Crippen LogP contribution in [0.1, 0.15) is 0 Å². The average molecular weight is 254 g/mol. The van der Waals surface area contributed by atoms with Gasteiger partial charge in [0.1, 0.15) is 0 Å². The van der Waals surface area contributed by atoms with Crippen LogP contribution in [0.5, 0.6) is 0 Å². The van der Waals surface area contributed by atoms with Crippen LogP contribution in [0.25, 0.3) is 0 Å². The Hall–Kier alpha value is 4.04. The Morgan fingerprint density at radius 1 is 0.583 bits per heavy atom. The summed E-state index contributed by atoms with van der Waals surface area (Å²) in [5, 5.41) is 0. The summed E-state index contributed by atoms with van der Waals surface area (Å²) in [6.07, 6.45) is 0. The Morgan fingerprint density at radius 3 is 0.583 bits per heavy atom. The summed E-state index contributed by atoms with van der Waals surface area (Å²) >= 11 is 0. The van der Waals surface area contributed by atoms with E-state index in [1.165, 1.54) is 0 Å². The summed E-state index contributed by atoms with van der Waals surface area (Å²) in [5.41, 5.74) is 0. The van der Waals surface area contributed by atoms with Gasteiger partial charge in [-0.25, -0.2) is 0 Å². The normalized spacial score (nSPS) is 4.33. The van der Waals surface area contributed by atoms with Gasteiger partial charge in [-0.2, -0.15) is 0 Å². The largest absolute Gasteiger partial charge is 0.692 e. The van der Waals surface area contributed by atoms with Crippen molar-refractivity contribution in [1.82, 2.24) is 0 Å². The molecule has 0 aromatic carbocycles. The molecule has 0 saturated heterocycles. The van der Waals surface area contributed by atoms with Crippen molar-refractivity contribution in [1.29, 1.82) is 0 Å². The Balaban J connectivity index is -0.0000000112. The van der Waals surface area contributed by atoms with Crippen LogP contribution in [0, 0.1) is 0 Å². The molecule has 0 unspecified atom stereocenters. The standard InChI is InChI=1S/4Na.2HO3P/c;;;;2*1-4(2)3/h;;;;2*(H-,1,2,3)/p+2. The molecule has 0 aliphatic rings. The fourth-order valence-electron chi connectivity index (χ4n) is 0. The molecule has 0 aliphatic heterocycles. The minimum absolute atomic E-state index is 0. The Bertz CT molecular complexity index is 75.5. The van der Waals surface area contributed by atoms with E-state index in [9.17, 15) is 0 Å². The van der Waals surface area contributed by atoms with E-state index in [1.807, 2.05) is 0 Å². The molecule has 0 heterocycles. The molecule has 0 aliphatic carbocycles. The van der Waals surface area contributed by atoms with Crippen molar-refractivity contribution in [3.05, 3.63) is 0 Å². The third-order valence-electron chi connectivity index (χ3n) is 0. The number of hydrogen-bond donors (Lipinski definition) is 4. The molecule has 0 aromatic heterocycles. The van der Waals surface area contributed by atoms with Crippen LogP contribution in [0.15, 0.2) is 0 Å². The molecular formula is H4Na4O6P2+2. The van der Waals surface area contributed by atoms with Gasteiger partial charge in [0, 0.05) is 127 Å². The van der Waals surface area contributed by atoms with Crippen LogP contribution in [-0.2, 0) is 9.13 Å². The molecule has 4 radical (unpaired) electrons. The summed E-state index contributed by atoms with van der Waals surface area (Å²) in [6.45, 7) is 0. The van der Waals surface area contributed by atoms with E-state index in [2.05, 4.69) is 0 Å². The molecule has 12 heteroatoms. The zero-order valence-electron chi connectivity index (χ0n) is 7.50. The number of hydrogen-bond acceptors (Lipinski definition) is 2. The molecule has 52 valence electrons. The fraction of sp³-hybridized carbons (Fsp3) is 0. The van der Waals surface area contributed by atoms with Crippen molar-refractivity contribution in [2.45, 2.75) is 0 Å². The molecule has 0 amide bonds. The van der Waals surface area contributed by atoms with E-state index < -0.39 is 16.5 Å². The van der Waals surface area contributed by atoms with Gasteiger partial charge in [0.15, 0.2) is 0 Å². The van der Waals surface area contributed by atoms with E-state index in [1.54, 1.807) is 0 Å². The summed E-state index contributed by atoms with van der Waals surface area (Å²) < 4.78 is 17.4. The van der Waals surface area contributed by atoms with Crippen molar-refractivity contribution in [2.75, 3.05) is 0 Å². The molecule has 0 bridgehead atoms. The summed E-state index contributed by atoms with van der Waals surface area (Å²) in [4.78, 5) is 28.5. The van der Waals surface area contributed by atoms with E-state index >= 15 is 0 Å². The minimum Gasteiger partial charge on any atom is -0.134 e. The first kappa shape index (κ1) is 36.0. The van der Waals surface area contributed by atoms with Crippen molar-refractivity contribution < 1.29 is 28.7 Å². The average Bonchev–Trinajstić information content (AvgIpc) is 1.25. The molecule has 0 atom stereocenters. The van der Waals surface area contributed by atoms with Gasteiger partial charge in [-0.1, -0.05) is 0 Å². The van der Waals surface area contributed by atoms with Gasteiger partial charge in [-0.15, -0.1) is 19.6 Å². The predicted octanol–water partition coefficient (Wildman–Crippen LogP) is -2.27. The van der Waals surface area contributed by atoms with Crippen molar-refractivity contribution >= 4 is 135 Å². The zero-order chi connectivity index (χ0) is 7.15. The minimum atomic E-state index is -2.87. The zero-order valence-corrected chi connectivity index (χ0v) is 17.3. The van der Waals surface area contributed by atoms with Crippen molar-refractivity contribution in [2.24, 2.45) is 0 Å². The van der Waals surface area contributed by atoms with Crippen LogP contribution < -0.4 is 0 Å². The molecule has 0 fully saturated rings. The third kappa shape index (κ3) is 146. The first-order valence-corrected chi connectivity index (χ1v) is 3.50. The van der Waals surface area contributed by atoms with Crippen LogP contribution in [0.2, 0.25) is 0 Å². The van der Waals surface area contributed by atoms with Gasteiger partial charge in [0.2, 0.25) is 0 Å². The molecule has 12 heavy (non-hydrogen) atoms. The van der Waals surface area contributed by atoms with Crippen LogP contribution in [0.4, 0.5) is 0 Å². The summed E-state index contributed by atoms with van der Waals surface area (Å²) in [5.74, 6) is 0. The van der Waals surface area contributed by atoms with Gasteiger partial charge in [-0.05, 0) is 0 Å². The first-order chi connectivity index (χ1) is 3.46. The smallest absolute Gasteiger partial charge is 0.134 e. The molecule has 0 spiro atoms. The summed E-state index contributed by atoms with van der Waals surface area (Å²) in [6, 6.07) is 0. The second-order valence-corrected chi connectivity index (χ2v) is 1.52. The Labute approximate surface area is 160 Å². The number of rotatable bonds is 0. The van der Waals surface area contributed by atoms with Gasteiger partial charge < -0.3 is 0 Å². The predicted molar refractivity (Wildman–Crippen MR) is 47.1 cm³/mol. The third-order valence-corrected chi connectivity index (χ3v) is 0. The van der Waals surface area contributed by atoms with Crippen molar-refractivity contribution in [3.63, 3.8) is 0 Å². The molecule has 0 saturated carbocycles. The Morgan fingerprint density at radius 2 is 0.583 bits per heavy atom. The maximum absolute atomic E-state index is 8.70. The second-order valence-electron chi connectivity index (χ2n) is 0.505. The summed E-state index contributed by atoms with van der Waals surface area (Å²) in [7, 11) is -5.74. The van der Waals surface area contributed by atoms with Crippen LogP contribution >= 0.6 is 16.5 Å². The van der Waals surface area contributed by atoms with Crippen molar-refractivity contribution in [3.8, 4) is 0 Å². The van der Waals surface area contributed by atoms with E-state index in [4.69, 9.17) is 28.7 Å². The molecule has 6 nitrogen and oxygen atoms in total. The SMILES string of the molecule is O=[P+](O)O.O=[P+](O)O.[Na].[Na].[Na].[Na]. The van der Waals surface area contributed by atoms with Gasteiger partial charge >= 0.3 is 16.5 Å². The van der Waals surface area contributed by atoms with E-state index in [0.717, 1.165) is 0 Å². The van der Waals surface area contributed by atoms with E-state index in [-0.39, 0.29) is 118 Å². The maximum Gasteiger partial charge on any atom is 0.692 e.